The number of aromatic amines is 1. The molecular formula is C20H24N4O3. The molecule has 7 nitrogen and oxygen atoms in total. The van der Waals surface area contributed by atoms with Crippen LogP contribution in [0.5, 0.6) is 0 Å². The van der Waals surface area contributed by atoms with Crippen molar-refractivity contribution >= 4 is 16.8 Å². The summed E-state index contributed by atoms with van der Waals surface area (Å²) >= 11 is 0. The number of likely N-dealkylation sites (tertiary alicyclic amines) is 1. The third kappa shape index (κ3) is 3.61. The van der Waals surface area contributed by atoms with Gasteiger partial charge in [-0.3, -0.25) is 9.69 Å². The number of amides is 1. The molecule has 0 bridgehead atoms. The molecule has 0 aliphatic carbocycles. The van der Waals surface area contributed by atoms with Crippen LogP contribution < -0.4 is 5.32 Å². The van der Waals surface area contributed by atoms with E-state index in [0.29, 0.717) is 25.1 Å². The van der Waals surface area contributed by atoms with Crippen LogP contribution in [0.15, 0.2) is 35.0 Å². The second kappa shape index (κ2) is 7.17. The molecule has 3 heterocycles. The van der Waals surface area contributed by atoms with Gasteiger partial charge in [-0.2, -0.15) is 0 Å². The Bertz CT molecular complexity index is 942. The van der Waals surface area contributed by atoms with Crippen molar-refractivity contribution in [3.8, 4) is 0 Å². The van der Waals surface area contributed by atoms with E-state index >= 15 is 0 Å². The van der Waals surface area contributed by atoms with Crippen molar-refractivity contribution in [2.45, 2.75) is 39.0 Å². The van der Waals surface area contributed by atoms with E-state index in [1.54, 1.807) is 0 Å². The second-order valence-corrected chi connectivity index (χ2v) is 7.25. The predicted molar refractivity (Wildman–Crippen MR) is 101 cm³/mol. The van der Waals surface area contributed by atoms with Gasteiger partial charge in [0, 0.05) is 42.5 Å². The lowest BCUT2D eigenvalue weighted by Crippen LogP contribution is -2.53. The van der Waals surface area contributed by atoms with Gasteiger partial charge in [0.05, 0.1) is 17.8 Å². The number of rotatable bonds is 4. The van der Waals surface area contributed by atoms with Gasteiger partial charge >= 0.3 is 0 Å². The Morgan fingerprint density at radius 3 is 3.00 bits per heavy atom. The Labute approximate surface area is 157 Å². The van der Waals surface area contributed by atoms with Crippen LogP contribution in [0.25, 0.3) is 10.9 Å². The monoisotopic (exact) mass is 368 g/mol. The molecule has 2 atom stereocenters. The molecule has 1 aromatic carbocycles. The summed E-state index contributed by atoms with van der Waals surface area (Å²) in [6.07, 6.45) is 1.93. The van der Waals surface area contributed by atoms with Gasteiger partial charge in [-0.15, -0.1) is 0 Å². The van der Waals surface area contributed by atoms with Crippen LogP contribution in [0.2, 0.25) is 0 Å². The SMILES string of the molecule is Cc1noc(C)c1CN1CCC(NC(=O)c2ccc3cc[nH]c3c2)C(O)C1. The summed E-state index contributed by atoms with van der Waals surface area (Å²) in [7, 11) is 0. The number of H-pyrrole nitrogens is 1. The molecule has 3 N–H and O–H groups in total. The highest BCUT2D eigenvalue weighted by molar-refractivity contribution is 5.98. The number of nitrogens with one attached hydrogen (secondary N) is 2. The van der Waals surface area contributed by atoms with Gasteiger partial charge in [0.15, 0.2) is 0 Å². The molecule has 3 aromatic rings. The average Bonchev–Trinajstić information content (AvgIpc) is 3.25. The standard InChI is InChI=1S/C20H24N4O3/c1-12-16(13(2)27-23-12)10-24-8-6-17(19(25)11-24)22-20(26)15-4-3-14-5-7-21-18(14)9-15/h3-5,7,9,17,19,21,25H,6,8,10-11H2,1-2H3,(H,22,26). The molecule has 2 aromatic heterocycles. The Kier molecular flexibility index (Phi) is 4.72. The van der Waals surface area contributed by atoms with Crippen LogP contribution in [-0.4, -0.2) is 51.3 Å². The summed E-state index contributed by atoms with van der Waals surface area (Å²) in [5.41, 5.74) is 3.48. The summed E-state index contributed by atoms with van der Waals surface area (Å²) in [6.45, 7) is 5.82. The lowest BCUT2D eigenvalue weighted by Gasteiger charge is -2.36. The quantitative estimate of drug-likeness (QED) is 0.656. The van der Waals surface area contributed by atoms with E-state index in [2.05, 4.69) is 20.4 Å². The Hall–Kier alpha value is -2.64. The van der Waals surface area contributed by atoms with Crippen LogP contribution in [0.3, 0.4) is 0 Å². The number of aliphatic hydroxyl groups is 1. The first-order chi connectivity index (χ1) is 13.0. The number of β-amino-alcohol motifs (C(OH)–C–C–N with tert-alkyl or cyclic N) is 1. The number of fused-ring (bicyclic) bond motifs is 1. The zero-order valence-electron chi connectivity index (χ0n) is 15.5. The molecule has 1 fully saturated rings. The summed E-state index contributed by atoms with van der Waals surface area (Å²) in [5, 5.41) is 18.6. The first-order valence-electron chi connectivity index (χ1n) is 9.21. The van der Waals surface area contributed by atoms with E-state index in [-0.39, 0.29) is 11.9 Å². The van der Waals surface area contributed by atoms with Crippen molar-refractivity contribution in [3.63, 3.8) is 0 Å². The number of nitrogens with zero attached hydrogens (tertiary/aromatic N) is 2. The van der Waals surface area contributed by atoms with Crippen molar-refractivity contribution in [2.75, 3.05) is 13.1 Å². The number of hydrogen-bond acceptors (Lipinski definition) is 5. The summed E-state index contributed by atoms with van der Waals surface area (Å²) in [6, 6.07) is 7.28. The van der Waals surface area contributed by atoms with Gasteiger partial charge < -0.3 is 19.9 Å². The number of carbonyl (C=O) groups excluding carboxylic acids is 1. The fourth-order valence-electron chi connectivity index (χ4n) is 3.70. The lowest BCUT2D eigenvalue weighted by molar-refractivity contribution is 0.0347. The van der Waals surface area contributed by atoms with E-state index in [1.807, 2.05) is 44.3 Å². The molecule has 2 unspecified atom stereocenters. The molecule has 0 spiro atoms. The number of piperidine rings is 1. The molecule has 1 amide bonds. The maximum Gasteiger partial charge on any atom is 0.251 e. The molecule has 0 saturated carbocycles. The van der Waals surface area contributed by atoms with Crippen LogP contribution in [0.4, 0.5) is 0 Å². The fraction of sp³-hybridized carbons (Fsp3) is 0.400. The smallest absolute Gasteiger partial charge is 0.251 e. The Morgan fingerprint density at radius 1 is 1.41 bits per heavy atom. The number of aryl methyl sites for hydroxylation is 2. The van der Waals surface area contributed by atoms with E-state index in [0.717, 1.165) is 34.5 Å². The van der Waals surface area contributed by atoms with Gasteiger partial charge in [-0.1, -0.05) is 11.2 Å². The average molecular weight is 368 g/mol. The van der Waals surface area contributed by atoms with E-state index in [1.165, 1.54) is 0 Å². The highest BCUT2D eigenvalue weighted by Crippen LogP contribution is 2.20. The number of carbonyl (C=O) groups is 1. The first-order valence-corrected chi connectivity index (χ1v) is 9.21. The second-order valence-electron chi connectivity index (χ2n) is 7.25. The minimum Gasteiger partial charge on any atom is -0.390 e. The fourth-order valence-corrected chi connectivity index (χ4v) is 3.70. The molecule has 4 rings (SSSR count). The maximum absolute atomic E-state index is 12.6. The lowest BCUT2D eigenvalue weighted by atomic mass is 10.00. The zero-order valence-corrected chi connectivity index (χ0v) is 15.5. The van der Waals surface area contributed by atoms with E-state index < -0.39 is 6.10 Å². The molecule has 27 heavy (non-hydrogen) atoms. The summed E-state index contributed by atoms with van der Waals surface area (Å²) in [4.78, 5) is 17.9. The molecule has 7 heteroatoms. The molecule has 1 saturated heterocycles. The Balaban J connectivity index is 1.37. The molecular weight excluding hydrogens is 344 g/mol. The van der Waals surface area contributed by atoms with Crippen molar-refractivity contribution in [1.29, 1.82) is 0 Å². The van der Waals surface area contributed by atoms with Gasteiger partial charge in [0.25, 0.3) is 5.91 Å². The largest absolute Gasteiger partial charge is 0.390 e. The normalized spacial score (nSPS) is 20.9. The topological polar surface area (TPSA) is 94.4 Å². The van der Waals surface area contributed by atoms with Crippen molar-refractivity contribution in [3.05, 3.63) is 53.0 Å². The van der Waals surface area contributed by atoms with Gasteiger partial charge in [-0.05, 0) is 43.9 Å². The molecule has 1 aliphatic heterocycles. The number of hydrogen-bond donors (Lipinski definition) is 3. The zero-order chi connectivity index (χ0) is 19.0. The summed E-state index contributed by atoms with van der Waals surface area (Å²) in [5.74, 6) is 0.659. The third-order valence-corrected chi connectivity index (χ3v) is 5.36. The highest BCUT2D eigenvalue weighted by Gasteiger charge is 2.30. The minimum atomic E-state index is -0.614. The number of aliphatic hydroxyl groups excluding tert-OH is 1. The van der Waals surface area contributed by atoms with Gasteiger partial charge in [-0.25, -0.2) is 0 Å². The highest BCUT2D eigenvalue weighted by atomic mass is 16.5. The minimum absolute atomic E-state index is 0.158. The third-order valence-electron chi connectivity index (χ3n) is 5.36. The first kappa shape index (κ1) is 17.8. The van der Waals surface area contributed by atoms with Gasteiger partial charge in [0.2, 0.25) is 0 Å². The Morgan fingerprint density at radius 2 is 2.26 bits per heavy atom. The number of benzene rings is 1. The summed E-state index contributed by atoms with van der Waals surface area (Å²) < 4.78 is 5.21. The van der Waals surface area contributed by atoms with Crippen molar-refractivity contribution in [1.82, 2.24) is 20.4 Å². The van der Waals surface area contributed by atoms with Crippen molar-refractivity contribution in [2.24, 2.45) is 0 Å². The molecule has 1 aliphatic rings. The van der Waals surface area contributed by atoms with E-state index in [4.69, 9.17) is 4.52 Å². The van der Waals surface area contributed by atoms with Gasteiger partial charge in [0.1, 0.15) is 5.76 Å². The predicted octanol–water partition coefficient (Wildman–Crippen LogP) is 2.14. The van der Waals surface area contributed by atoms with Crippen LogP contribution in [0, 0.1) is 13.8 Å². The van der Waals surface area contributed by atoms with Crippen LogP contribution in [0.1, 0.15) is 33.8 Å². The molecule has 0 radical (unpaired) electrons. The maximum atomic E-state index is 12.6. The molecule has 142 valence electrons. The van der Waals surface area contributed by atoms with Crippen molar-refractivity contribution < 1.29 is 14.4 Å². The van der Waals surface area contributed by atoms with Crippen LogP contribution >= 0.6 is 0 Å². The van der Waals surface area contributed by atoms with Crippen LogP contribution in [-0.2, 0) is 6.54 Å². The van der Waals surface area contributed by atoms with E-state index in [9.17, 15) is 9.90 Å². The number of aromatic nitrogens is 2.